The van der Waals surface area contributed by atoms with Crippen molar-refractivity contribution in [1.29, 1.82) is 0 Å². The molecule has 0 N–H and O–H groups in total. The minimum atomic E-state index is 0.715. The molecule has 0 saturated carbocycles. The smallest absolute Gasteiger partial charge is 0.117 e. The molecule has 0 aliphatic heterocycles. The molecule has 4 heteroatoms. The van der Waals surface area contributed by atoms with Gasteiger partial charge in [0.1, 0.15) is 10.0 Å². The fourth-order valence-electron chi connectivity index (χ4n) is 1.77. The van der Waals surface area contributed by atoms with Gasteiger partial charge in [0.05, 0.1) is 0 Å². The number of alkyl halides is 1. The quantitative estimate of drug-likeness (QED) is 0.460. The van der Waals surface area contributed by atoms with Crippen LogP contribution in [0.2, 0.25) is 0 Å². The van der Waals surface area contributed by atoms with Gasteiger partial charge in [-0.3, -0.25) is 0 Å². The summed E-state index contributed by atoms with van der Waals surface area (Å²) in [6, 6.07) is 0. The molecule has 1 rings (SSSR count). The van der Waals surface area contributed by atoms with Crippen LogP contribution in [0.3, 0.4) is 0 Å². The fourth-order valence-corrected chi connectivity index (χ4v) is 2.83. The summed E-state index contributed by atoms with van der Waals surface area (Å²) in [5.74, 6) is 0.715. The average molecular weight is 275 g/mol. The van der Waals surface area contributed by atoms with Crippen molar-refractivity contribution >= 4 is 22.9 Å². The lowest BCUT2D eigenvalue weighted by molar-refractivity contribution is 0.606. The van der Waals surface area contributed by atoms with E-state index in [-0.39, 0.29) is 0 Å². The van der Waals surface area contributed by atoms with Crippen molar-refractivity contribution in [1.82, 2.24) is 10.2 Å². The van der Waals surface area contributed by atoms with Gasteiger partial charge in [0, 0.05) is 18.7 Å². The SMILES string of the molecule is CCCCCCCCc1nnc(CCCCl)s1. The lowest BCUT2D eigenvalue weighted by Crippen LogP contribution is -1.85. The van der Waals surface area contributed by atoms with E-state index in [0.717, 1.165) is 24.3 Å². The van der Waals surface area contributed by atoms with Crippen molar-refractivity contribution in [2.75, 3.05) is 5.88 Å². The Morgan fingerprint density at radius 3 is 2.12 bits per heavy atom. The van der Waals surface area contributed by atoms with Gasteiger partial charge in [0.15, 0.2) is 0 Å². The average Bonchev–Trinajstić information content (AvgIpc) is 2.79. The third-order valence-electron chi connectivity index (χ3n) is 2.78. The molecule has 0 aromatic carbocycles. The highest BCUT2D eigenvalue weighted by Crippen LogP contribution is 2.15. The first-order chi connectivity index (χ1) is 8.36. The summed E-state index contributed by atoms with van der Waals surface area (Å²) >= 11 is 7.42. The lowest BCUT2D eigenvalue weighted by Gasteiger charge is -1.98. The Bertz CT molecular complexity index is 289. The van der Waals surface area contributed by atoms with Gasteiger partial charge in [-0.05, 0) is 12.8 Å². The fraction of sp³-hybridized carbons (Fsp3) is 0.846. The molecule has 0 radical (unpaired) electrons. The van der Waals surface area contributed by atoms with E-state index >= 15 is 0 Å². The summed E-state index contributed by atoms with van der Waals surface area (Å²) in [5.41, 5.74) is 0. The van der Waals surface area contributed by atoms with Gasteiger partial charge in [-0.25, -0.2) is 0 Å². The zero-order chi connectivity index (χ0) is 12.3. The molecular weight excluding hydrogens is 252 g/mol. The number of nitrogens with zero attached hydrogens (tertiary/aromatic N) is 2. The molecule has 0 aliphatic carbocycles. The number of rotatable bonds is 10. The van der Waals surface area contributed by atoms with E-state index in [1.165, 1.54) is 43.5 Å². The molecule has 1 aromatic heterocycles. The predicted molar refractivity (Wildman–Crippen MR) is 76.0 cm³/mol. The molecule has 98 valence electrons. The zero-order valence-corrected chi connectivity index (χ0v) is 12.3. The van der Waals surface area contributed by atoms with E-state index in [0.29, 0.717) is 5.88 Å². The van der Waals surface area contributed by atoms with Crippen LogP contribution in [-0.4, -0.2) is 16.1 Å². The van der Waals surface area contributed by atoms with E-state index in [2.05, 4.69) is 17.1 Å². The Labute approximate surface area is 114 Å². The largest absolute Gasteiger partial charge is 0.144 e. The summed E-state index contributed by atoms with van der Waals surface area (Å²) in [5, 5.41) is 10.8. The van der Waals surface area contributed by atoms with Gasteiger partial charge < -0.3 is 0 Å². The Kier molecular flexibility index (Phi) is 8.63. The molecule has 0 bridgehead atoms. The molecule has 0 atom stereocenters. The number of hydrogen-bond acceptors (Lipinski definition) is 3. The highest BCUT2D eigenvalue weighted by atomic mass is 35.5. The van der Waals surface area contributed by atoms with Crippen molar-refractivity contribution in [3.63, 3.8) is 0 Å². The van der Waals surface area contributed by atoms with E-state index in [1.807, 2.05) is 0 Å². The van der Waals surface area contributed by atoms with Crippen molar-refractivity contribution in [2.24, 2.45) is 0 Å². The molecule has 0 unspecified atom stereocenters. The van der Waals surface area contributed by atoms with Crippen LogP contribution in [0.4, 0.5) is 0 Å². The topological polar surface area (TPSA) is 25.8 Å². The van der Waals surface area contributed by atoms with Crippen molar-refractivity contribution in [3.8, 4) is 0 Å². The molecule has 17 heavy (non-hydrogen) atoms. The third-order valence-corrected chi connectivity index (χ3v) is 4.09. The highest BCUT2D eigenvalue weighted by molar-refractivity contribution is 7.11. The van der Waals surface area contributed by atoms with Crippen LogP contribution < -0.4 is 0 Å². The Morgan fingerprint density at radius 2 is 1.47 bits per heavy atom. The van der Waals surface area contributed by atoms with Gasteiger partial charge in [-0.1, -0.05) is 39.0 Å². The first kappa shape index (κ1) is 14.9. The summed E-state index contributed by atoms with van der Waals surface area (Å²) < 4.78 is 0. The molecule has 0 fully saturated rings. The van der Waals surface area contributed by atoms with E-state index in [4.69, 9.17) is 11.6 Å². The molecule has 0 amide bonds. The van der Waals surface area contributed by atoms with Gasteiger partial charge in [-0.15, -0.1) is 33.1 Å². The Hall–Kier alpha value is -0.150. The van der Waals surface area contributed by atoms with Crippen molar-refractivity contribution < 1.29 is 0 Å². The first-order valence-electron chi connectivity index (χ1n) is 6.74. The maximum Gasteiger partial charge on any atom is 0.117 e. The van der Waals surface area contributed by atoms with Crippen LogP contribution in [0, 0.1) is 0 Å². The maximum absolute atomic E-state index is 5.66. The second-order valence-corrected chi connectivity index (χ2v) is 5.92. The minimum absolute atomic E-state index is 0.715. The summed E-state index contributed by atoms with van der Waals surface area (Å²) in [6.07, 6.45) is 11.1. The van der Waals surface area contributed by atoms with Crippen LogP contribution in [0.15, 0.2) is 0 Å². The van der Waals surface area contributed by atoms with Gasteiger partial charge >= 0.3 is 0 Å². The normalized spacial score (nSPS) is 10.9. The monoisotopic (exact) mass is 274 g/mol. The van der Waals surface area contributed by atoms with E-state index < -0.39 is 0 Å². The molecule has 1 heterocycles. The minimum Gasteiger partial charge on any atom is -0.144 e. The van der Waals surface area contributed by atoms with E-state index in [1.54, 1.807) is 11.3 Å². The summed E-state index contributed by atoms with van der Waals surface area (Å²) in [6.45, 7) is 2.25. The Balaban J connectivity index is 2.08. The number of halogens is 1. The Morgan fingerprint density at radius 1 is 0.882 bits per heavy atom. The van der Waals surface area contributed by atoms with E-state index in [9.17, 15) is 0 Å². The predicted octanol–water partition coefficient (Wildman–Crippen LogP) is 4.61. The van der Waals surface area contributed by atoms with Gasteiger partial charge in [0.25, 0.3) is 0 Å². The number of unbranched alkanes of at least 4 members (excludes halogenated alkanes) is 5. The standard InChI is InChI=1S/C13H23ClN2S/c1-2-3-4-5-6-7-9-12-15-16-13(17-12)10-8-11-14/h2-11H2,1H3. The van der Waals surface area contributed by atoms with Crippen LogP contribution in [0.25, 0.3) is 0 Å². The zero-order valence-electron chi connectivity index (χ0n) is 10.8. The number of aryl methyl sites for hydroxylation is 2. The number of aromatic nitrogens is 2. The lowest BCUT2D eigenvalue weighted by atomic mass is 10.1. The molecule has 1 aromatic rings. The molecule has 2 nitrogen and oxygen atoms in total. The van der Waals surface area contributed by atoms with Crippen LogP contribution in [0.5, 0.6) is 0 Å². The molecule has 0 aliphatic rings. The van der Waals surface area contributed by atoms with Crippen LogP contribution in [0.1, 0.15) is 61.9 Å². The second-order valence-electron chi connectivity index (χ2n) is 4.40. The molecular formula is C13H23ClN2S. The third kappa shape index (κ3) is 6.99. The molecule has 0 spiro atoms. The number of hydrogen-bond donors (Lipinski definition) is 0. The first-order valence-corrected chi connectivity index (χ1v) is 8.09. The second kappa shape index (κ2) is 9.84. The summed E-state index contributed by atoms with van der Waals surface area (Å²) in [7, 11) is 0. The molecule has 0 saturated heterocycles. The van der Waals surface area contributed by atoms with Gasteiger partial charge in [-0.2, -0.15) is 0 Å². The van der Waals surface area contributed by atoms with Gasteiger partial charge in [0.2, 0.25) is 0 Å². The van der Waals surface area contributed by atoms with Crippen LogP contribution >= 0.6 is 22.9 Å². The summed E-state index contributed by atoms with van der Waals surface area (Å²) in [4.78, 5) is 0. The maximum atomic E-state index is 5.66. The van der Waals surface area contributed by atoms with Crippen molar-refractivity contribution in [3.05, 3.63) is 10.0 Å². The highest BCUT2D eigenvalue weighted by Gasteiger charge is 2.03. The van der Waals surface area contributed by atoms with Crippen molar-refractivity contribution in [2.45, 2.75) is 64.7 Å². The van der Waals surface area contributed by atoms with Crippen LogP contribution in [-0.2, 0) is 12.8 Å².